The second-order valence-corrected chi connectivity index (χ2v) is 5.06. The lowest BCUT2D eigenvalue weighted by Gasteiger charge is -2.22. The van der Waals surface area contributed by atoms with Crippen molar-refractivity contribution in [3.63, 3.8) is 0 Å². The Balaban J connectivity index is 1.97. The van der Waals surface area contributed by atoms with Gasteiger partial charge in [-0.15, -0.1) is 11.6 Å². The van der Waals surface area contributed by atoms with Crippen LogP contribution in [0.15, 0.2) is 0 Å². The molecule has 1 aliphatic heterocycles. The van der Waals surface area contributed by atoms with Crippen LogP contribution in [0.3, 0.4) is 0 Å². The van der Waals surface area contributed by atoms with E-state index in [9.17, 15) is 0 Å². The Morgan fingerprint density at radius 3 is 2.83 bits per heavy atom. The fourth-order valence-electron chi connectivity index (χ4n) is 2.99. The van der Waals surface area contributed by atoms with Crippen LogP contribution in [0.1, 0.15) is 25.7 Å². The molecule has 2 heteroatoms. The molecular weight excluding hydrogens is 170 g/mol. The average Bonchev–Trinajstić information content (AvgIpc) is 2.61. The Bertz CT molecular complexity index is 171. The molecule has 1 saturated carbocycles. The monoisotopic (exact) mass is 187 g/mol. The Kier molecular flexibility index (Phi) is 2.35. The van der Waals surface area contributed by atoms with Gasteiger partial charge in [0.15, 0.2) is 0 Å². The molecule has 1 saturated heterocycles. The Morgan fingerprint density at radius 2 is 2.33 bits per heavy atom. The maximum Gasteiger partial charge on any atom is 0.0251 e. The van der Waals surface area contributed by atoms with Crippen molar-refractivity contribution in [2.75, 3.05) is 26.0 Å². The number of likely N-dealkylation sites (tertiary alicyclic amines) is 1. The average molecular weight is 188 g/mol. The molecule has 2 fully saturated rings. The molecule has 1 heterocycles. The highest BCUT2D eigenvalue weighted by Crippen LogP contribution is 2.47. The summed E-state index contributed by atoms with van der Waals surface area (Å²) in [6.45, 7) is 2.62. The second-order valence-electron chi connectivity index (χ2n) is 4.75. The van der Waals surface area contributed by atoms with Crippen LogP contribution < -0.4 is 0 Å². The van der Waals surface area contributed by atoms with Gasteiger partial charge in [-0.25, -0.2) is 0 Å². The first-order valence-electron chi connectivity index (χ1n) is 4.99. The van der Waals surface area contributed by atoms with Gasteiger partial charge in [0.05, 0.1) is 0 Å². The number of hydrogen-bond donors (Lipinski definition) is 0. The summed E-state index contributed by atoms with van der Waals surface area (Å²) in [5, 5.41) is 0. The SMILES string of the molecule is CN1CC[C@]2(CC[C@H](CCl)C2)C1. The van der Waals surface area contributed by atoms with E-state index in [0.29, 0.717) is 5.41 Å². The van der Waals surface area contributed by atoms with Gasteiger partial charge in [-0.1, -0.05) is 0 Å². The highest BCUT2D eigenvalue weighted by atomic mass is 35.5. The van der Waals surface area contributed by atoms with E-state index in [-0.39, 0.29) is 0 Å². The van der Waals surface area contributed by atoms with Gasteiger partial charge in [0, 0.05) is 12.4 Å². The van der Waals surface area contributed by atoms with Crippen LogP contribution in [-0.4, -0.2) is 30.9 Å². The van der Waals surface area contributed by atoms with Crippen LogP contribution in [0.25, 0.3) is 0 Å². The Labute approximate surface area is 80.1 Å². The van der Waals surface area contributed by atoms with Crippen LogP contribution in [-0.2, 0) is 0 Å². The Hall–Kier alpha value is 0.250. The highest BCUT2D eigenvalue weighted by molar-refractivity contribution is 6.18. The van der Waals surface area contributed by atoms with E-state index in [4.69, 9.17) is 11.6 Å². The van der Waals surface area contributed by atoms with E-state index in [1.54, 1.807) is 0 Å². The maximum absolute atomic E-state index is 5.89. The lowest BCUT2D eigenvalue weighted by molar-refractivity contribution is 0.282. The molecule has 0 amide bonds. The normalized spacial score (nSPS) is 43.0. The van der Waals surface area contributed by atoms with Crippen LogP contribution in [0.5, 0.6) is 0 Å². The lowest BCUT2D eigenvalue weighted by atomic mass is 9.85. The van der Waals surface area contributed by atoms with Crippen LogP contribution in [0.2, 0.25) is 0 Å². The van der Waals surface area contributed by atoms with Gasteiger partial charge in [0.1, 0.15) is 0 Å². The summed E-state index contributed by atoms with van der Waals surface area (Å²) in [5.41, 5.74) is 0.675. The third-order valence-corrected chi connectivity index (χ3v) is 4.09. The summed E-state index contributed by atoms with van der Waals surface area (Å²) in [5.74, 6) is 1.70. The van der Waals surface area contributed by atoms with Gasteiger partial charge in [0.2, 0.25) is 0 Å². The molecule has 2 atom stereocenters. The molecule has 2 rings (SSSR count). The third kappa shape index (κ3) is 1.49. The van der Waals surface area contributed by atoms with E-state index in [1.807, 2.05) is 0 Å². The first-order chi connectivity index (χ1) is 5.74. The smallest absolute Gasteiger partial charge is 0.0251 e. The largest absolute Gasteiger partial charge is 0.306 e. The summed E-state index contributed by atoms with van der Waals surface area (Å²) >= 11 is 5.89. The van der Waals surface area contributed by atoms with E-state index < -0.39 is 0 Å². The Morgan fingerprint density at radius 1 is 1.50 bits per heavy atom. The molecule has 0 aromatic rings. The zero-order valence-electron chi connectivity index (χ0n) is 7.85. The molecule has 12 heavy (non-hydrogen) atoms. The molecule has 1 nitrogen and oxygen atoms in total. The molecular formula is C10H18ClN. The van der Waals surface area contributed by atoms with Crippen molar-refractivity contribution < 1.29 is 0 Å². The third-order valence-electron chi connectivity index (χ3n) is 3.65. The first-order valence-corrected chi connectivity index (χ1v) is 5.52. The van der Waals surface area contributed by atoms with Crippen LogP contribution >= 0.6 is 11.6 Å². The van der Waals surface area contributed by atoms with Crippen LogP contribution in [0.4, 0.5) is 0 Å². The fourth-order valence-corrected chi connectivity index (χ4v) is 3.25. The van der Waals surface area contributed by atoms with Crippen molar-refractivity contribution in [2.24, 2.45) is 11.3 Å². The van der Waals surface area contributed by atoms with Gasteiger partial charge in [-0.05, 0) is 50.6 Å². The minimum atomic E-state index is 0.675. The molecule has 1 spiro atoms. The van der Waals surface area contributed by atoms with Gasteiger partial charge in [-0.3, -0.25) is 0 Å². The lowest BCUT2D eigenvalue weighted by Crippen LogP contribution is -2.22. The zero-order chi connectivity index (χ0) is 8.60. The predicted octanol–water partition coefficient (Wildman–Crippen LogP) is 2.35. The molecule has 0 radical (unpaired) electrons. The quantitative estimate of drug-likeness (QED) is 0.570. The number of halogens is 1. The van der Waals surface area contributed by atoms with Crippen molar-refractivity contribution in [2.45, 2.75) is 25.7 Å². The fraction of sp³-hybridized carbons (Fsp3) is 1.00. The molecule has 0 aromatic carbocycles. The number of alkyl halides is 1. The van der Waals surface area contributed by atoms with E-state index in [0.717, 1.165) is 11.8 Å². The van der Waals surface area contributed by atoms with E-state index in [2.05, 4.69) is 11.9 Å². The molecule has 0 N–H and O–H groups in total. The second kappa shape index (κ2) is 3.19. The highest BCUT2D eigenvalue weighted by Gasteiger charge is 2.42. The molecule has 1 aliphatic carbocycles. The zero-order valence-corrected chi connectivity index (χ0v) is 8.61. The van der Waals surface area contributed by atoms with Gasteiger partial charge < -0.3 is 4.90 Å². The molecule has 70 valence electrons. The van der Waals surface area contributed by atoms with E-state index in [1.165, 1.54) is 38.8 Å². The maximum atomic E-state index is 5.89. The van der Waals surface area contributed by atoms with Crippen molar-refractivity contribution in [3.8, 4) is 0 Å². The molecule has 0 unspecified atom stereocenters. The summed E-state index contributed by atoms with van der Waals surface area (Å²) in [6, 6.07) is 0. The number of rotatable bonds is 1. The number of nitrogens with zero attached hydrogens (tertiary/aromatic N) is 1. The van der Waals surface area contributed by atoms with Crippen molar-refractivity contribution in [1.82, 2.24) is 4.90 Å². The standard InChI is InChI=1S/C10H18ClN/c1-12-5-4-10(8-12)3-2-9(6-10)7-11/h9H,2-8H2,1H3/t9-,10-/m0/s1. The van der Waals surface area contributed by atoms with E-state index >= 15 is 0 Å². The summed E-state index contributed by atoms with van der Waals surface area (Å²) in [4.78, 5) is 2.47. The van der Waals surface area contributed by atoms with Crippen molar-refractivity contribution in [3.05, 3.63) is 0 Å². The van der Waals surface area contributed by atoms with Crippen molar-refractivity contribution in [1.29, 1.82) is 0 Å². The first kappa shape index (κ1) is 8.83. The molecule has 0 aromatic heterocycles. The minimum Gasteiger partial charge on any atom is -0.306 e. The summed E-state index contributed by atoms with van der Waals surface area (Å²) in [7, 11) is 2.24. The topological polar surface area (TPSA) is 3.24 Å². The van der Waals surface area contributed by atoms with Gasteiger partial charge >= 0.3 is 0 Å². The molecule has 0 bridgehead atoms. The minimum absolute atomic E-state index is 0.675. The summed E-state index contributed by atoms with van der Waals surface area (Å²) in [6.07, 6.45) is 5.60. The summed E-state index contributed by atoms with van der Waals surface area (Å²) < 4.78 is 0. The van der Waals surface area contributed by atoms with Crippen LogP contribution in [0, 0.1) is 11.3 Å². The predicted molar refractivity (Wildman–Crippen MR) is 52.6 cm³/mol. The van der Waals surface area contributed by atoms with Crippen molar-refractivity contribution >= 4 is 11.6 Å². The van der Waals surface area contributed by atoms with Gasteiger partial charge in [0.25, 0.3) is 0 Å². The molecule has 2 aliphatic rings. The van der Waals surface area contributed by atoms with Gasteiger partial charge in [-0.2, -0.15) is 0 Å². The number of hydrogen-bond acceptors (Lipinski definition) is 1.